The summed E-state index contributed by atoms with van der Waals surface area (Å²) in [5.41, 5.74) is 6.17. The fraction of sp³-hybridized carbons (Fsp3) is 0.333. The van der Waals surface area contributed by atoms with Gasteiger partial charge in [0.15, 0.2) is 0 Å². The van der Waals surface area contributed by atoms with Crippen molar-refractivity contribution in [2.75, 3.05) is 25.5 Å². The first kappa shape index (κ1) is 15.5. The summed E-state index contributed by atoms with van der Waals surface area (Å²) in [6.45, 7) is -1.60. The molecular weight excluding hydrogens is 307 g/mol. The van der Waals surface area contributed by atoms with Crippen LogP contribution in [0, 0.1) is 0 Å². The van der Waals surface area contributed by atoms with Crippen molar-refractivity contribution in [2.45, 2.75) is 6.18 Å². The second-order valence-electron chi connectivity index (χ2n) is 4.12. The lowest BCUT2D eigenvalue weighted by molar-refractivity contribution is -0.173. The van der Waals surface area contributed by atoms with Crippen LogP contribution in [-0.2, 0) is 4.74 Å². The van der Waals surface area contributed by atoms with Crippen LogP contribution in [0.1, 0.15) is 9.67 Å². The Bertz CT molecular complexity index is 642. The van der Waals surface area contributed by atoms with Crippen LogP contribution >= 0.6 is 11.3 Å². The first-order valence-corrected chi connectivity index (χ1v) is 6.76. The normalized spacial score (nSPS) is 11.8. The Morgan fingerprint density at radius 1 is 1.48 bits per heavy atom. The highest BCUT2D eigenvalue weighted by Crippen LogP contribution is 2.31. The van der Waals surface area contributed by atoms with Gasteiger partial charge in [-0.15, -0.1) is 11.3 Å². The summed E-state index contributed by atoms with van der Waals surface area (Å²) in [5.74, 6) is -0.453. The van der Waals surface area contributed by atoms with Crippen LogP contribution in [0.25, 0.3) is 10.2 Å². The zero-order chi connectivity index (χ0) is 15.5. The Morgan fingerprint density at radius 3 is 2.90 bits per heavy atom. The van der Waals surface area contributed by atoms with E-state index in [4.69, 9.17) is 5.73 Å². The quantitative estimate of drug-likeness (QED) is 0.828. The van der Waals surface area contributed by atoms with E-state index in [1.54, 1.807) is 18.3 Å². The van der Waals surface area contributed by atoms with Gasteiger partial charge in [-0.3, -0.25) is 4.79 Å². The molecule has 0 saturated carbocycles. The van der Waals surface area contributed by atoms with Crippen LogP contribution in [0.5, 0.6) is 0 Å². The number of fused-ring (bicyclic) bond motifs is 1. The highest BCUT2D eigenvalue weighted by Gasteiger charge is 2.27. The lowest BCUT2D eigenvalue weighted by Crippen LogP contribution is -2.28. The number of nitrogens with one attached hydrogen (secondary N) is 1. The molecule has 0 bridgehead atoms. The zero-order valence-corrected chi connectivity index (χ0v) is 11.6. The number of nitrogen functional groups attached to an aromatic ring is 1. The van der Waals surface area contributed by atoms with E-state index in [9.17, 15) is 18.0 Å². The number of rotatable bonds is 5. The molecule has 0 radical (unpaired) electrons. The van der Waals surface area contributed by atoms with Gasteiger partial charge in [-0.05, 0) is 12.1 Å². The number of halogens is 3. The number of nitrogens with two attached hydrogens (primary N) is 1. The third-order valence-corrected chi connectivity index (χ3v) is 3.64. The number of aromatic nitrogens is 1. The molecule has 21 heavy (non-hydrogen) atoms. The van der Waals surface area contributed by atoms with Crippen LogP contribution in [-0.4, -0.2) is 36.8 Å². The van der Waals surface area contributed by atoms with E-state index in [0.717, 1.165) is 11.3 Å². The minimum absolute atomic E-state index is 0.0317. The van der Waals surface area contributed by atoms with Crippen LogP contribution < -0.4 is 11.1 Å². The van der Waals surface area contributed by atoms with E-state index in [-0.39, 0.29) is 13.2 Å². The van der Waals surface area contributed by atoms with E-state index >= 15 is 0 Å². The third-order valence-electron chi connectivity index (χ3n) is 2.51. The Kier molecular flexibility index (Phi) is 4.63. The van der Waals surface area contributed by atoms with Gasteiger partial charge in [0, 0.05) is 18.1 Å². The highest BCUT2D eigenvalue weighted by molar-refractivity contribution is 7.21. The molecule has 2 aromatic heterocycles. The van der Waals surface area contributed by atoms with Gasteiger partial charge < -0.3 is 15.8 Å². The van der Waals surface area contributed by atoms with Crippen LogP contribution in [0.3, 0.4) is 0 Å². The van der Waals surface area contributed by atoms with Crippen molar-refractivity contribution in [3.8, 4) is 0 Å². The van der Waals surface area contributed by atoms with E-state index in [0.29, 0.717) is 20.8 Å². The number of hydrogen-bond acceptors (Lipinski definition) is 5. The van der Waals surface area contributed by atoms with Crippen molar-refractivity contribution in [3.63, 3.8) is 0 Å². The molecule has 2 aromatic rings. The lowest BCUT2D eigenvalue weighted by Gasteiger charge is -2.08. The first-order valence-electron chi connectivity index (χ1n) is 5.94. The molecular formula is C12H12F3N3O2S. The molecule has 114 valence electrons. The van der Waals surface area contributed by atoms with E-state index in [1.807, 2.05) is 0 Å². The summed E-state index contributed by atoms with van der Waals surface area (Å²) in [4.78, 5) is 16.9. The summed E-state index contributed by atoms with van der Waals surface area (Å²) < 4.78 is 39.9. The van der Waals surface area contributed by atoms with Crippen molar-refractivity contribution in [1.29, 1.82) is 0 Å². The largest absolute Gasteiger partial charge is 0.411 e. The predicted octanol–water partition coefficient (Wildman–Crippen LogP) is 2.19. The van der Waals surface area contributed by atoms with Gasteiger partial charge in [-0.1, -0.05) is 0 Å². The third kappa shape index (κ3) is 4.05. The van der Waals surface area contributed by atoms with Crippen molar-refractivity contribution < 1.29 is 22.7 Å². The molecule has 0 atom stereocenters. The summed E-state index contributed by atoms with van der Waals surface area (Å²) in [6.07, 6.45) is -2.78. The Balaban J connectivity index is 1.89. The van der Waals surface area contributed by atoms with E-state index in [1.165, 1.54) is 0 Å². The first-order chi connectivity index (χ1) is 9.88. The second-order valence-corrected chi connectivity index (χ2v) is 5.12. The molecule has 0 unspecified atom stereocenters. The Labute approximate surface area is 121 Å². The number of carbonyl (C=O) groups excluding carboxylic acids is 1. The average Bonchev–Trinajstić information content (AvgIpc) is 2.75. The summed E-state index contributed by atoms with van der Waals surface area (Å²) in [6, 6.07) is 3.45. The lowest BCUT2D eigenvalue weighted by atomic mass is 10.2. The molecule has 0 aliphatic rings. The van der Waals surface area contributed by atoms with Gasteiger partial charge in [-0.2, -0.15) is 13.2 Å². The number of amides is 1. The van der Waals surface area contributed by atoms with Gasteiger partial charge in [0.05, 0.1) is 12.3 Å². The average molecular weight is 319 g/mol. The summed E-state index contributed by atoms with van der Waals surface area (Å²) >= 11 is 1.13. The topological polar surface area (TPSA) is 77.2 Å². The molecule has 2 rings (SSSR count). The van der Waals surface area contributed by atoms with Crippen molar-refractivity contribution in [1.82, 2.24) is 10.3 Å². The number of alkyl halides is 3. The number of thiophene rings is 1. The molecule has 0 aromatic carbocycles. The van der Waals surface area contributed by atoms with Crippen molar-refractivity contribution in [2.24, 2.45) is 0 Å². The second kappa shape index (κ2) is 6.27. The fourth-order valence-corrected chi connectivity index (χ4v) is 2.60. The number of hydrogen-bond donors (Lipinski definition) is 2. The maximum Gasteiger partial charge on any atom is 0.411 e. The Morgan fingerprint density at radius 2 is 2.24 bits per heavy atom. The SMILES string of the molecule is Nc1c(C(=O)NCCOCC(F)(F)F)sc2ncccc12. The number of carbonyl (C=O) groups is 1. The smallest absolute Gasteiger partial charge is 0.397 e. The van der Waals surface area contributed by atoms with Crippen molar-refractivity contribution in [3.05, 3.63) is 23.2 Å². The van der Waals surface area contributed by atoms with Crippen LogP contribution in [0.15, 0.2) is 18.3 Å². The van der Waals surface area contributed by atoms with Gasteiger partial charge in [0.25, 0.3) is 5.91 Å². The number of anilines is 1. The van der Waals surface area contributed by atoms with E-state index in [2.05, 4.69) is 15.0 Å². The molecule has 5 nitrogen and oxygen atoms in total. The maximum atomic E-state index is 11.9. The minimum Gasteiger partial charge on any atom is -0.397 e. The van der Waals surface area contributed by atoms with Gasteiger partial charge in [0.2, 0.25) is 0 Å². The highest BCUT2D eigenvalue weighted by atomic mass is 32.1. The zero-order valence-electron chi connectivity index (χ0n) is 10.7. The number of ether oxygens (including phenoxy) is 1. The summed E-state index contributed by atoms with van der Waals surface area (Å²) in [5, 5.41) is 3.14. The molecule has 3 N–H and O–H groups in total. The van der Waals surface area contributed by atoms with Gasteiger partial charge in [-0.25, -0.2) is 4.98 Å². The minimum atomic E-state index is -4.37. The molecule has 0 saturated heterocycles. The van der Waals surface area contributed by atoms with Gasteiger partial charge in [0.1, 0.15) is 16.3 Å². The van der Waals surface area contributed by atoms with Crippen LogP contribution in [0.4, 0.5) is 18.9 Å². The fourth-order valence-electron chi connectivity index (χ4n) is 1.62. The molecule has 2 heterocycles. The van der Waals surface area contributed by atoms with Crippen LogP contribution in [0.2, 0.25) is 0 Å². The maximum absolute atomic E-state index is 11.9. The molecule has 1 amide bonds. The standard InChI is InChI=1S/C12H12F3N3O2S/c13-12(14,15)6-20-5-4-17-10(19)9-8(16)7-2-1-3-18-11(7)21-9/h1-3H,4-6,16H2,(H,17,19). The predicted molar refractivity (Wildman–Crippen MR) is 73.2 cm³/mol. The number of nitrogens with zero attached hydrogens (tertiary/aromatic N) is 1. The molecule has 9 heteroatoms. The Hall–Kier alpha value is -1.87. The van der Waals surface area contributed by atoms with Gasteiger partial charge >= 0.3 is 6.18 Å². The molecule has 0 aliphatic heterocycles. The van der Waals surface area contributed by atoms with E-state index < -0.39 is 18.7 Å². The van der Waals surface area contributed by atoms with Crippen molar-refractivity contribution >= 4 is 33.1 Å². The number of pyridine rings is 1. The monoisotopic (exact) mass is 319 g/mol. The molecule has 0 aliphatic carbocycles. The molecule has 0 fully saturated rings. The molecule has 0 spiro atoms. The summed E-state index contributed by atoms with van der Waals surface area (Å²) in [7, 11) is 0.